The molecule has 1 aromatic carbocycles. The normalized spacial score (nSPS) is 16.3. The fourth-order valence-electron chi connectivity index (χ4n) is 2.98. The van der Waals surface area contributed by atoms with Gasteiger partial charge in [-0.05, 0) is 0 Å². The summed E-state index contributed by atoms with van der Waals surface area (Å²) in [5.74, 6) is 1.03. The highest BCUT2D eigenvalue weighted by Gasteiger charge is 2.31. The van der Waals surface area contributed by atoms with E-state index in [2.05, 4.69) is 15.1 Å². The van der Waals surface area contributed by atoms with Crippen LogP contribution in [0.1, 0.15) is 16.9 Å². The Labute approximate surface area is 155 Å². The first-order valence-electron chi connectivity index (χ1n) is 8.57. The van der Waals surface area contributed by atoms with Crippen molar-refractivity contribution in [3.05, 3.63) is 54.5 Å². The monoisotopic (exact) mass is 366 g/mol. The Kier molecular flexibility index (Phi) is 4.69. The van der Waals surface area contributed by atoms with Gasteiger partial charge in [0.05, 0.1) is 13.7 Å². The molecule has 8 heteroatoms. The van der Waals surface area contributed by atoms with Crippen LogP contribution in [0.5, 0.6) is 11.8 Å². The van der Waals surface area contributed by atoms with Gasteiger partial charge in [-0.15, -0.1) is 0 Å². The summed E-state index contributed by atoms with van der Waals surface area (Å²) >= 11 is 0. The molecule has 3 heterocycles. The molecule has 27 heavy (non-hydrogen) atoms. The molecule has 1 unspecified atom stereocenters. The minimum Gasteiger partial charge on any atom is -0.477 e. The van der Waals surface area contributed by atoms with E-state index < -0.39 is 0 Å². The molecule has 4 rings (SSSR count). The molecule has 1 fully saturated rings. The van der Waals surface area contributed by atoms with Crippen LogP contribution in [0, 0.1) is 0 Å². The Morgan fingerprint density at radius 3 is 2.74 bits per heavy atom. The van der Waals surface area contributed by atoms with Gasteiger partial charge in [0, 0.05) is 37.0 Å². The first-order chi connectivity index (χ1) is 13.2. The maximum Gasteiger partial charge on any atom is 0.278 e. The highest BCUT2D eigenvalue weighted by atomic mass is 16.5. The number of benzene rings is 1. The van der Waals surface area contributed by atoms with E-state index >= 15 is 0 Å². The zero-order chi connectivity index (χ0) is 18.6. The lowest BCUT2D eigenvalue weighted by atomic mass is 10.1. The standard InChI is InChI=1S/C19H18N4O4/c1-25-17-18(21-9-8-20-17)26-14-7-10-23(12-14)19(24)15-11-16(27-22-15)13-5-3-2-4-6-13/h2-6,8-9,11,14H,7,10,12H2,1H3. The van der Waals surface area contributed by atoms with Gasteiger partial charge in [0.1, 0.15) is 6.10 Å². The fourth-order valence-corrected chi connectivity index (χ4v) is 2.98. The number of carbonyl (C=O) groups excluding carboxylic acids is 1. The molecule has 2 aromatic heterocycles. The van der Waals surface area contributed by atoms with Gasteiger partial charge in [0.25, 0.3) is 17.7 Å². The molecule has 1 saturated heterocycles. The topological polar surface area (TPSA) is 90.6 Å². The van der Waals surface area contributed by atoms with Crippen molar-refractivity contribution in [3.63, 3.8) is 0 Å². The van der Waals surface area contributed by atoms with Gasteiger partial charge < -0.3 is 18.9 Å². The summed E-state index contributed by atoms with van der Waals surface area (Å²) < 4.78 is 16.3. The molecule has 8 nitrogen and oxygen atoms in total. The lowest BCUT2D eigenvalue weighted by molar-refractivity contribution is 0.0760. The highest BCUT2D eigenvalue weighted by molar-refractivity contribution is 5.93. The molecular formula is C19H18N4O4. The highest BCUT2D eigenvalue weighted by Crippen LogP contribution is 2.25. The molecule has 138 valence electrons. The summed E-state index contributed by atoms with van der Waals surface area (Å²) in [4.78, 5) is 22.6. The van der Waals surface area contributed by atoms with Crippen molar-refractivity contribution in [1.82, 2.24) is 20.0 Å². The van der Waals surface area contributed by atoms with Gasteiger partial charge in [-0.1, -0.05) is 35.5 Å². The summed E-state index contributed by atoms with van der Waals surface area (Å²) in [6.07, 6.45) is 3.58. The molecule has 0 bridgehead atoms. The van der Waals surface area contributed by atoms with E-state index in [1.807, 2.05) is 30.3 Å². The van der Waals surface area contributed by atoms with Crippen molar-refractivity contribution in [1.29, 1.82) is 0 Å². The summed E-state index contributed by atoms with van der Waals surface area (Å²) in [6, 6.07) is 11.2. The molecule has 1 aliphatic rings. The number of amides is 1. The SMILES string of the molecule is COc1nccnc1OC1CCN(C(=O)c2cc(-c3ccccc3)on2)C1. The molecule has 1 amide bonds. The van der Waals surface area contributed by atoms with Crippen molar-refractivity contribution in [2.75, 3.05) is 20.2 Å². The first kappa shape index (κ1) is 17.0. The smallest absolute Gasteiger partial charge is 0.278 e. The van der Waals surface area contributed by atoms with Crippen LogP contribution in [0.2, 0.25) is 0 Å². The molecule has 0 spiro atoms. The van der Waals surface area contributed by atoms with Gasteiger partial charge >= 0.3 is 0 Å². The summed E-state index contributed by atoms with van der Waals surface area (Å²) in [5.41, 5.74) is 1.16. The third-order valence-electron chi connectivity index (χ3n) is 4.32. The number of likely N-dealkylation sites (tertiary alicyclic amines) is 1. The second-order valence-electron chi connectivity index (χ2n) is 6.09. The Bertz CT molecular complexity index is 928. The number of hydrogen-bond donors (Lipinski definition) is 0. The lowest BCUT2D eigenvalue weighted by Gasteiger charge is -2.16. The molecule has 0 N–H and O–H groups in total. The number of rotatable bonds is 5. The molecule has 1 atom stereocenters. The van der Waals surface area contributed by atoms with Crippen LogP contribution in [0.3, 0.4) is 0 Å². The van der Waals surface area contributed by atoms with Crippen molar-refractivity contribution in [2.24, 2.45) is 0 Å². The number of ether oxygens (including phenoxy) is 2. The van der Waals surface area contributed by atoms with Crippen LogP contribution in [0.4, 0.5) is 0 Å². The molecule has 0 radical (unpaired) electrons. The maximum atomic E-state index is 12.7. The zero-order valence-corrected chi connectivity index (χ0v) is 14.7. The average Bonchev–Trinajstić information content (AvgIpc) is 3.39. The number of methoxy groups -OCH3 is 1. The minimum absolute atomic E-state index is 0.181. The van der Waals surface area contributed by atoms with E-state index in [1.54, 1.807) is 11.0 Å². The Morgan fingerprint density at radius 1 is 1.19 bits per heavy atom. The Balaban J connectivity index is 1.42. The van der Waals surface area contributed by atoms with Crippen LogP contribution in [-0.4, -0.2) is 52.2 Å². The van der Waals surface area contributed by atoms with Crippen LogP contribution < -0.4 is 9.47 Å². The third kappa shape index (κ3) is 3.59. The van der Waals surface area contributed by atoms with Gasteiger partial charge in [-0.3, -0.25) is 4.79 Å². The van der Waals surface area contributed by atoms with E-state index in [0.717, 1.165) is 5.56 Å². The van der Waals surface area contributed by atoms with Gasteiger partial charge in [-0.2, -0.15) is 0 Å². The Hall–Kier alpha value is -3.42. The fraction of sp³-hybridized carbons (Fsp3) is 0.263. The second kappa shape index (κ2) is 7.45. The van der Waals surface area contributed by atoms with Crippen LogP contribution in [0.25, 0.3) is 11.3 Å². The first-order valence-corrected chi connectivity index (χ1v) is 8.57. The van der Waals surface area contributed by atoms with Gasteiger partial charge in [-0.25, -0.2) is 9.97 Å². The molecular weight excluding hydrogens is 348 g/mol. The predicted octanol–water partition coefficient (Wildman–Crippen LogP) is 2.43. The third-order valence-corrected chi connectivity index (χ3v) is 4.32. The largest absolute Gasteiger partial charge is 0.477 e. The number of nitrogens with zero attached hydrogens (tertiary/aromatic N) is 4. The lowest BCUT2D eigenvalue weighted by Crippen LogP contribution is -2.31. The van der Waals surface area contributed by atoms with Gasteiger partial charge in [0.15, 0.2) is 11.5 Å². The number of carbonyl (C=O) groups is 1. The number of aromatic nitrogens is 3. The predicted molar refractivity (Wildman–Crippen MR) is 95.5 cm³/mol. The summed E-state index contributed by atoms with van der Waals surface area (Å²) in [7, 11) is 1.51. The average molecular weight is 366 g/mol. The Morgan fingerprint density at radius 2 is 1.96 bits per heavy atom. The number of hydrogen-bond acceptors (Lipinski definition) is 7. The zero-order valence-electron chi connectivity index (χ0n) is 14.7. The van der Waals surface area contributed by atoms with E-state index in [9.17, 15) is 4.79 Å². The quantitative estimate of drug-likeness (QED) is 0.685. The summed E-state index contributed by atoms with van der Waals surface area (Å²) in [6.45, 7) is 1.01. The van der Waals surface area contributed by atoms with E-state index in [4.69, 9.17) is 14.0 Å². The van der Waals surface area contributed by atoms with E-state index in [0.29, 0.717) is 37.0 Å². The van der Waals surface area contributed by atoms with Crippen LogP contribution >= 0.6 is 0 Å². The molecule has 1 aliphatic heterocycles. The minimum atomic E-state index is -0.182. The van der Waals surface area contributed by atoms with Crippen molar-refractivity contribution < 1.29 is 18.8 Å². The molecule has 0 saturated carbocycles. The molecule has 0 aliphatic carbocycles. The van der Waals surface area contributed by atoms with Gasteiger partial charge in [0.2, 0.25) is 0 Å². The summed E-state index contributed by atoms with van der Waals surface area (Å²) in [5, 5.41) is 3.92. The maximum absolute atomic E-state index is 12.7. The second-order valence-corrected chi connectivity index (χ2v) is 6.09. The van der Waals surface area contributed by atoms with E-state index in [-0.39, 0.29) is 17.7 Å². The van der Waals surface area contributed by atoms with E-state index in [1.165, 1.54) is 19.5 Å². The van der Waals surface area contributed by atoms with Crippen molar-refractivity contribution >= 4 is 5.91 Å². The van der Waals surface area contributed by atoms with Crippen LogP contribution in [0.15, 0.2) is 53.3 Å². The van der Waals surface area contributed by atoms with Crippen LogP contribution in [-0.2, 0) is 0 Å². The molecule has 3 aromatic rings. The van der Waals surface area contributed by atoms with Crippen molar-refractivity contribution in [3.8, 4) is 23.1 Å². The van der Waals surface area contributed by atoms with Crippen molar-refractivity contribution in [2.45, 2.75) is 12.5 Å².